The summed E-state index contributed by atoms with van der Waals surface area (Å²) in [5.41, 5.74) is 0.473. The minimum absolute atomic E-state index is 0.657. The molecule has 0 amide bonds. The number of para-hydroxylation sites is 1. The third-order valence-electron chi connectivity index (χ3n) is 3.97. The zero-order valence-corrected chi connectivity index (χ0v) is 11.0. The second-order valence-electron chi connectivity index (χ2n) is 5.05. The van der Waals surface area contributed by atoms with Crippen LogP contribution in [0.2, 0.25) is 0 Å². The summed E-state index contributed by atoms with van der Waals surface area (Å²) in [5, 5.41) is 9.46. The van der Waals surface area contributed by atoms with E-state index in [-0.39, 0.29) is 0 Å². The van der Waals surface area contributed by atoms with Crippen LogP contribution in [-0.2, 0) is 4.79 Å². The molecule has 0 aliphatic carbocycles. The van der Waals surface area contributed by atoms with Crippen LogP contribution in [-0.4, -0.2) is 48.7 Å². The van der Waals surface area contributed by atoms with Gasteiger partial charge in [0.25, 0.3) is 0 Å². The van der Waals surface area contributed by atoms with Crippen molar-refractivity contribution in [3.05, 3.63) is 30.3 Å². The Balaban J connectivity index is 2.10. The predicted molar refractivity (Wildman–Crippen MR) is 71.9 cm³/mol. The number of rotatable bonds is 3. The lowest BCUT2D eigenvalue weighted by atomic mass is 9.86. The quantitative estimate of drug-likeness (QED) is 0.883. The van der Waals surface area contributed by atoms with Crippen molar-refractivity contribution >= 4 is 11.7 Å². The zero-order chi connectivity index (χ0) is 13.2. The maximum Gasteiger partial charge on any atom is 0.324 e. The van der Waals surface area contributed by atoms with Gasteiger partial charge in [-0.3, -0.25) is 9.69 Å². The highest BCUT2D eigenvalue weighted by atomic mass is 16.4. The van der Waals surface area contributed by atoms with E-state index in [0.717, 1.165) is 13.1 Å². The van der Waals surface area contributed by atoms with E-state index in [4.69, 9.17) is 0 Å². The van der Waals surface area contributed by atoms with E-state index in [1.54, 1.807) is 0 Å². The third-order valence-corrected chi connectivity index (χ3v) is 3.97. The lowest BCUT2D eigenvalue weighted by molar-refractivity contribution is -0.151. The fourth-order valence-electron chi connectivity index (χ4n) is 2.63. The Morgan fingerprint density at radius 2 is 1.78 bits per heavy atom. The molecule has 1 fully saturated rings. The molecule has 1 saturated heterocycles. The van der Waals surface area contributed by atoms with Crippen molar-refractivity contribution in [3.63, 3.8) is 0 Å². The van der Waals surface area contributed by atoms with E-state index < -0.39 is 11.5 Å². The number of carboxylic acids is 1. The number of likely N-dealkylation sites (N-methyl/N-ethyl adjacent to an activating group) is 1. The van der Waals surface area contributed by atoms with Crippen LogP contribution in [0.4, 0.5) is 5.69 Å². The van der Waals surface area contributed by atoms with Gasteiger partial charge in [0, 0.05) is 18.8 Å². The Bertz CT molecular complexity index is 409. The molecule has 0 bridgehead atoms. The molecule has 1 aliphatic rings. The van der Waals surface area contributed by atoms with E-state index in [0.29, 0.717) is 12.8 Å². The fourth-order valence-corrected chi connectivity index (χ4v) is 2.63. The van der Waals surface area contributed by atoms with Crippen LogP contribution in [0.5, 0.6) is 0 Å². The number of hydrogen-bond donors (Lipinski definition) is 1. The van der Waals surface area contributed by atoms with Crippen LogP contribution in [0, 0.1) is 0 Å². The molecule has 4 nitrogen and oxygen atoms in total. The number of hydrogen-bond acceptors (Lipinski definition) is 3. The first kappa shape index (κ1) is 12.9. The molecule has 0 saturated carbocycles. The highest BCUT2D eigenvalue weighted by molar-refractivity contribution is 5.79. The third kappa shape index (κ3) is 2.20. The lowest BCUT2D eigenvalue weighted by Gasteiger charge is -2.43. The maximum atomic E-state index is 11.5. The van der Waals surface area contributed by atoms with Crippen molar-refractivity contribution in [2.75, 3.05) is 32.1 Å². The number of carbonyl (C=O) groups is 1. The molecule has 0 radical (unpaired) electrons. The van der Waals surface area contributed by atoms with Crippen LogP contribution < -0.4 is 4.90 Å². The van der Waals surface area contributed by atoms with Gasteiger partial charge < -0.3 is 10.0 Å². The Kier molecular flexibility index (Phi) is 3.57. The summed E-state index contributed by atoms with van der Waals surface area (Å²) >= 11 is 0. The largest absolute Gasteiger partial charge is 0.480 e. The Morgan fingerprint density at radius 1 is 1.22 bits per heavy atom. The van der Waals surface area contributed by atoms with Gasteiger partial charge in [0.05, 0.1) is 0 Å². The Morgan fingerprint density at radius 3 is 2.22 bits per heavy atom. The topological polar surface area (TPSA) is 43.8 Å². The van der Waals surface area contributed by atoms with Gasteiger partial charge in [-0.1, -0.05) is 18.2 Å². The fraction of sp³-hybridized carbons (Fsp3) is 0.500. The maximum absolute atomic E-state index is 11.5. The van der Waals surface area contributed by atoms with Gasteiger partial charge in [-0.2, -0.15) is 0 Å². The van der Waals surface area contributed by atoms with E-state index in [2.05, 4.69) is 17.0 Å². The summed E-state index contributed by atoms with van der Waals surface area (Å²) in [6.45, 7) is 1.57. The van der Waals surface area contributed by atoms with Crippen molar-refractivity contribution in [1.82, 2.24) is 4.90 Å². The molecular weight excluding hydrogens is 228 g/mol. The molecule has 1 N–H and O–H groups in total. The van der Waals surface area contributed by atoms with Crippen molar-refractivity contribution in [2.24, 2.45) is 0 Å². The average Bonchev–Trinajstić information content (AvgIpc) is 2.39. The van der Waals surface area contributed by atoms with Gasteiger partial charge >= 0.3 is 5.97 Å². The molecule has 0 aromatic heterocycles. The summed E-state index contributed by atoms with van der Waals surface area (Å²) < 4.78 is 0. The van der Waals surface area contributed by atoms with Crippen molar-refractivity contribution < 1.29 is 9.90 Å². The molecule has 1 aliphatic heterocycles. The van der Waals surface area contributed by atoms with Crippen LogP contribution in [0.25, 0.3) is 0 Å². The van der Waals surface area contributed by atoms with E-state index >= 15 is 0 Å². The van der Waals surface area contributed by atoms with Crippen molar-refractivity contribution in [2.45, 2.75) is 18.4 Å². The smallest absolute Gasteiger partial charge is 0.324 e. The summed E-state index contributed by atoms with van der Waals surface area (Å²) in [7, 11) is 3.71. The minimum Gasteiger partial charge on any atom is -0.480 e. The zero-order valence-electron chi connectivity index (χ0n) is 11.0. The number of benzene rings is 1. The van der Waals surface area contributed by atoms with Crippen LogP contribution in [0.3, 0.4) is 0 Å². The minimum atomic E-state index is -0.708. The molecule has 1 heterocycles. The number of piperidine rings is 1. The molecular formula is C14H20N2O2. The standard InChI is InChI=1S/C14H20N2O2/c1-15(2)14(13(17)18)8-10-16(11-9-14)12-6-4-3-5-7-12/h3-7H,8-11H2,1-2H3,(H,17,18). The molecule has 2 rings (SSSR count). The van der Waals surface area contributed by atoms with E-state index in [9.17, 15) is 9.90 Å². The molecule has 1 aromatic carbocycles. The predicted octanol–water partition coefficient (Wildman–Crippen LogP) is 1.67. The molecule has 18 heavy (non-hydrogen) atoms. The first-order valence-electron chi connectivity index (χ1n) is 6.27. The Hall–Kier alpha value is -1.55. The first-order chi connectivity index (χ1) is 8.56. The van der Waals surface area contributed by atoms with Gasteiger partial charge in [-0.15, -0.1) is 0 Å². The number of aliphatic carboxylic acids is 1. The van der Waals surface area contributed by atoms with E-state index in [1.165, 1.54) is 5.69 Å². The molecule has 0 unspecified atom stereocenters. The number of anilines is 1. The number of carboxylic acid groups (broad SMARTS) is 1. The van der Waals surface area contributed by atoms with E-state index in [1.807, 2.05) is 37.2 Å². The van der Waals surface area contributed by atoms with Gasteiger partial charge in [0.1, 0.15) is 5.54 Å². The number of nitrogens with zero attached hydrogens (tertiary/aromatic N) is 2. The molecule has 4 heteroatoms. The molecule has 0 atom stereocenters. The summed E-state index contributed by atoms with van der Waals surface area (Å²) in [4.78, 5) is 15.6. The SMILES string of the molecule is CN(C)C1(C(=O)O)CCN(c2ccccc2)CC1. The average molecular weight is 248 g/mol. The normalized spacial score (nSPS) is 18.9. The molecule has 1 aromatic rings. The second kappa shape index (κ2) is 4.98. The monoisotopic (exact) mass is 248 g/mol. The van der Waals surface area contributed by atoms with Gasteiger partial charge in [-0.25, -0.2) is 0 Å². The summed E-state index contributed by atoms with van der Waals surface area (Å²) in [5.74, 6) is -0.708. The van der Waals surface area contributed by atoms with Gasteiger partial charge in [0.15, 0.2) is 0 Å². The molecule has 0 spiro atoms. The summed E-state index contributed by atoms with van der Waals surface area (Å²) in [6.07, 6.45) is 1.31. The lowest BCUT2D eigenvalue weighted by Crippen LogP contribution is -2.57. The second-order valence-corrected chi connectivity index (χ2v) is 5.05. The van der Waals surface area contributed by atoms with Crippen LogP contribution in [0.1, 0.15) is 12.8 Å². The van der Waals surface area contributed by atoms with Crippen LogP contribution >= 0.6 is 0 Å². The van der Waals surface area contributed by atoms with Crippen molar-refractivity contribution in [1.29, 1.82) is 0 Å². The van der Waals surface area contributed by atoms with Gasteiger partial charge in [0.2, 0.25) is 0 Å². The highest BCUT2D eigenvalue weighted by Gasteiger charge is 2.43. The molecule has 98 valence electrons. The first-order valence-corrected chi connectivity index (χ1v) is 6.27. The van der Waals surface area contributed by atoms with Crippen molar-refractivity contribution in [3.8, 4) is 0 Å². The Labute approximate surface area is 108 Å². The van der Waals surface area contributed by atoms with Crippen LogP contribution in [0.15, 0.2) is 30.3 Å². The van der Waals surface area contributed by atoms with Gasteiger partial charge in [-0.05, 0) is 39.1 Å². The highest BCUT2D eigenvalue weighted by Crippen LogP contribution is 2.30. The summed E-state index contributed by atoms with van der Waals surface area (Å²) in [6, 6.07) is 10.2.